The molecule has 0 aliphatic heterocycles. The Bertz CT molecular complexity index is 1040. The van der Waals surface area contributed by atoms with Gasteiger partial charge in [-0.15, -0.1) is 5.10 Å². The van der Waals surface area contributed by atoms with E-state index in [0.29, 0.717) is 6.54 Å². The maximum Gasteiger partial charge on any atom is 0.356 e. The van der Waals surface area contributed by atoms with Crippen molar-refractivity contribution in [3.8, 4) is 11.3 Å². The van der Waals surface area contributed by atoms with E-state index in [-0.39, 0.29) is 5.69 Å². The number of rotatable bonds is 4. The second kappa shape index (κ2) is 5.34. The highest BCUT2D eigenvalue weighted by Crippen LogP contribution is 2.22. The molecule has 0 unspecified atom stereocenters. The number of nitrogens with zero attached hydrogens (tertiary/aromatic N) is 5. The molecule has 0 atom stereocenters. The van der Waals surface area contributed by atoms with Crippen molar-refractivity contribution in [2.75, 3.05) is 0 Å². The van der Waals surface area contributed by atoms with Crippen molar-refractivity contribution in [1.82, 2.24) is 29.8 Å². The van der Waals surface area contributed by atoms with E-state index in [0.717, 1.165) is 27.9 Å². The van der Waals surface area contributed by atoms with Crippen molar-refractivity contribution in [3.63, 3.8) is 0 Å². The van der Waals surface area contributed by atoms with Crippen LogP contribution >= 0.6 is 0 Å². The van der Waals surface area contributed by atoms with E-state index in [4.69, 9.17) is 5.11 Å². The third-order valence-electron chi connectivity index (χ3n) is 3.91. The number of carboxylic acids is 1. The molecule has 4 aromatic rings. The molecule has 0 saturated heterocycles. The maximum atomic E-state index is 11.0. The fourth-order valence-electron chi connectivity index (χ4n) is 2.64. The van der Waals surface area contributed by atoms with Crippen LogP contribution in [0.2, 0.25) is 0 Å². The van der Waals surface area contributed by atoms with Gasteiger partial charge in [-0.1, -0.05) is 11.3 Å². The van der Waals surface area contributed by atoms with Crippen molar-refractivity contribution in [1.29, 1.82) is 0 Å². The standard InChI is InChI=1S/C16H14N6O2/c1-21-12(7-14(19-21)16(23)24)8-22-9-15(18-20-22)10-2-3-13-11(6-10)4-5-17-13/h2-7,9,17H,8H2,1H3,(H,23,24). The van der Waals surface area contributed by atoms with Crippen LogP contribution in [0.5, 0.6) is 0 Å². The first-order valence-corrected chi connectivity index (χ1v) is 7.34. The van der Waals surface area contributed by atoms with Crippen LogP contribution in [0.25, 0.3) is 22.2 Å². The summed E-state index contributed by atoms with van der Waals surface area (Å²) in [5.74, 6) is -1.05. The van der Waals surface area contributed by atoms with Crippen LogP contribution in [-0.4, -0.2) is 40.8 Å². The summed E-state index contributed by atoms with van der Waals surface area (Å²) in [6, 6.07) is 9.58. The molecule has 0 saturated carbocycles. The number of hydrogen-bond donors (Lipinski definition) is 2. The first-order chi connectivity index (χ1) is 11.6. The molecule has 2 N–H and O–H groups in total. The lowest BCUT2D eigenvalue weighted by atomic mass is 10.1. The molecule has 3 heterocycles. The molecule has 3 aromatic heterocycles. The molecule has 8 nitrogen and oxygen atoms in total. The van der Waals surface area contributed by atoms with E-state index in [1.165, 1.54) is 10.7 Å². The SMILES string of the molecule is Cn1nc(C(=O)O)cc1Cn1cc(-c2ccc3[nH]ccc3c2)nn1. The van der Waals surface area contributed by atoms with Gasteiger partial charge in [0.05, 0.1) is 18.4 Å². The van der Waals surface area contributed by atoms with Gasteiger partial charge in [-0.05, 0) is 24.3 Å². The summed E-state index contributed by atoms with van der Waals surface area (Å²) >= 11 is 0. The minimum absolute atomic E-state index is 0.0192. The number of nitrogens with one attached hydrogen (secondary N) is 1. The average molecular weight is 322 g/mol. The lowest BCUT2D eigenvalue weighted by molar-refractivity contribution is 0.0689. The van der Waals surface area contributed by atoms with Crippen LogP contribution in [0.3, 0.4) is 0 Å². The smallest absolute Gasteiger partial charge is 0.356 e. The Morgan fingerprint density at radius 1 is 1.29 bits per heavy atom. The number of benzene rings is 1. The molecule has 8 heteroatoms. The Morgan fingerprint density at radius 3 is 2.96 bits per heavy atom. The highest BCUT2D eigenvalue weighted by Gasteiger charge is 2.12. The summed E-state index contributed by atoms with van der Waals surface area (Å²) in [7, 11) is 1.71. The number of carboxylic acid groups (broad SMARTS) is 1. The van der Waals surface area contributed by atoms with Crippen LogP contribution in [0.4, 0.5) is 0 Å². The van der Waals surface area contributed by atoms with Gasteiger partial charge >= 0.3 is 5.97 Å². The van der Waals surface area contributed by atoms with Crippen LogP contribution in [0.1, 0.15) is 16.2 Å². The Kier molecular flexibility index (Phi) is 3.16. The second-order valence-electron chi connectivity index (χ2n) is 5.53. The molecule has 0 radical (unpaired) electrons. The van der Waals surface area contributed by atoms with Gasteiger partial charge in [-0.25, -0.2) is 9.48 Å². The molecule has 0 amide bonds. The molecule has 120 valence electrons. The molecule has 0 fully saturated rings. The van der Waals surface area contributed by atoms with E-state index >= 15 is 0 Å². The lowest BCUT2D eigenvalue weighted by Crippen LogP contribution is -2.06. The van der Waals surface area contributed by atoms with Crippen LogP contribution < -0.4 is 0 Å². The topological polar surface area (TPSA) is 102 Å². The van der Waals surface area contributed by atoms with Crippen LogP contribution in [0, 0.1) is 0 Å². The highest BCUT2D eigenvalue weighted by molar-refractivity contribution is 5.85. The summed E-state index contributed by atoms with van der Waals surface area (Å²) in [5.41, 5.74) is 3.57. The molecule has 4 rings (SSSR count). The number of H-pyrrole nitrogens is 1. The monoisotopic (exact) mass is 322 g/mol. The number of aromatic amines is 1. The Balaban J connectivity index is 1.61. The molecule has 1 aromatic carbocycles. The highest BCUT2D eigenvalue weighted by atomic mass is 16.4. The first-order valence-electron chi connectivity index (χ1n) is 7.34. The van der Waals surface area contributed by atoms with Gasteiger partial charge in [0.1, 0.15) is 5.69 Å². The zero-order valence-corrected chi connectivity index (χ0v) is 12.8. The summed E-state index contributed by atoms with van der Waals surface area (Å²) in [5, 5.41) is 22.4. The van der Waals surface area contributed by atoms with Crippen molar-refractivity contribution in [2.45, 2.75) is 6.54 Å². The maximum absolute atomic E-state index is 11.0. The normalized spacial score (nSPS) is 11.2. The van der Waals surface area contributed by atoms with Gasteiger partial charge < -0.3 is 10.1 Å². The van der Waals surface area contributed by atoms with E-state index in [1.54, 1.807) is 11.7 Å². The van der Waals surface area contributed by atoms with Crippen LogP contribution in [-0.2, 0) is 13.6 Å². The molecular weight excluding hydrogens is 308 g/mol. The Morgan fingerprint density at radius 2 is 2.17 bits per heavy atom. The minimum atomic E-state index is -1.05. The fourth-order valence-corrected chi connectivity index (χ4v) is 2.64. The zero-order valence-electron chi connectivity index (χ0n) is 12.8. The lowest BCUT2D eigenvalue weighted by Gasteiger charge is -2.00. The van der Waals surface area contributed by atoms with E-state index in [2.05, 4.69) is 20.4 Å². The third kappa shape index (κ3) is 2.43. The van der Waals surface area contributed by atoms with Crippen molar-refractivity contribution in [3.05, 3.63) is 54.1 Å². The Hall–Kier alpha value is -3.42. The van der Waals surface area contributed by atoms with E-state index in [9.17, 15) is 4.79 Å². The number of fused-ring (bicyclic) bond motifs is 1. The molecule has 0 aliphatic rings. The first kappa shape index (κ1) is 14.2. The summed E-state index contributed by atoms with van der Waals surface area (Å²) in [6.07, 6.45) is 3.73. The average Bonchev–Trinajstić information content (AvgIpc) is 3.27. The molecular formula is C16H14N6O2. The van der Waals surface area contributed by atoms with Gasteiger partial charge in [0.2, 0.25) is 0 Å². The second-order valence-corrected chi connectivity index (χ2v) is 5.53. The van der Waals surface area contributed by atoms with Crippen molar-refractivity contribution < 1.29 is 9.90 Å². The van der Waals surface area contributed by atoms with Gasteiger partial charge in [-0.2, -0.15) is 5.10 Å². The largest absolute Gasteiger partial charge is 0.476 e. The quantitative estimate of drug-likeness (QED) is 0.597. The number of aryl methyl sites for hydroxylation is 1. The third-order valence-corrected chi connectivity index (χ3v) is 3.91. The van der Waals surface area contributed by atoms with Crippen molar-refractivity contribution >= 4 is 16.9 Å². The van der Waals surface area contributed by atoms with Crippen LogP contribution in [0.15, 0.2) is 42.7 Å². The predicted octanol–water partition coefficient (Wildman–Crippen LogP) is 1.91. The molecule has 24 heavy (non-hydrogen) atoms. The van der Waals surface area contributed by atoms with Gasteiger partial charge in [0.15, 0.2) is 5.69 Å². The molecule has 0 spiro atoms. The molecule has 0 bridgehead atoms. The number of aromatic carboxylic acids is 1. The number of aromatic nitrogens is 6. The predicted molar refractivity (Wildman–Crippen MR) is 86.6 cm³/mol. The fraction of sp³-hybridized carbons (Fsp3) is 0.125. The number of carbonyl (C=O) groups is 1. The summed E-state index contributed by atoms with van der Waals surface area (Å²) in [6.45, 7) is 0.399. The van der Waals surface area contributed by atoms with E-state index in [1.807, 2.05) is 36.7 Å². The minimum Gasteiger partial charge on any atom is -0.476 e. The summed E-state index contributed by atoms with van der Waals surface area (Å²) in [4.78, 5) is 14.1. The molecule has 0 aliphatic carbocycles. The van der Waals surface area contributed by atoms with E-state index < -0.39 is 5.97 Å². The van der Waals surface area contributed by atoms with Gasteiger partial charge in [-0.3, -0.25) is 4.68 Å². The van der Waals surface area contributed by atoms with Crippen molar-refractivity contribution in [2.24, 2.45) is 7.05 Å². The zero-order chi connectivity index (χ0) is 16.7. The van der Waals surface area contributed by atoms with Gasteiger partial charge in [0.25, 0.3) is 0 Å². The van der Waals surface area contributed by atoms with Gasteiger partial charge in [0, 0.05) is 29.7 Å². The number of hydrogen-bond acceptors (Lipinski definition) is 4. The summed E-state index contributed by atoms with van der Waals surface area (Å²) < 4.78 is 3.20. The Labute approximate surface area is 136 Å².